The normalized spacial score (nSPS) is 30.2. The van der Waals surface area contributed by atoms with Gasteiger partial charge in [0.15, 0.2) is 5.96 Å². The molecule has 0 aromatic carbocycles. The first-order valence-corrected chi connectivity index (χ1v) is 11.3. The minimum absolute atomic E-state index is 0. The molecule has 28 heavy (non-hydrogen) atoms. The molecule has 0 saturated carbocycles. The number of guanidine groups is 1. The molecule has 5 nitrogen and oxygen atoms in total. The number of likely N-dealkylation sites (tertiary alicyclic amines) is 2. The smallest absolute Gasteiger partial charge is 0.193 e. The minimum atomic E-state index is 0. The number of halogens is 1. The quantitative estimate of drug-likeness (QED) is 0.358. The molecule has 3 unspecified atom stereocenters. The highest BCUT2D eigenvalue weighted by molar-refractivity contribution is 14.0. The van der Waals surface area contributed by atoms with Gasteiger partial charge in [-0.1, -0.05) is 27.2 Å². The van der Waals surface area contributed by atoms with E-state index >= 15 is 0 Å². The van der Waals surface area contributed by atoms with E-state index in [1.807, 2.05) is 7.05 Å². The van der Waals surface area contributed by atoms with Crippen LogP contribution in [-0.4, -0.2) is 74.8 Å². The van der Waals surface area contributed by atoms with E-state index < -0.39 is 0 Å². The van der Waals surface area contributed by atoms with Crippen LogP contribution in [0.3, 0.4) is 0 Å². The Morgan fingerprint density at radius 3 is 2.50 bits per heavy atom. The third-order valence-electron chi connectivity index (χ3n) is 6.58. The topological polar surface area (TPSA) is 40.1 Å². The zero-order valence-electron chi connectivity index (χ0n) is 18.6. The SMILES string of the molecule is CN=C(NCC1CCCOC1C(C)(C)C)N1CCC(CN2CCCCC2)C1.I. The average Bonchev–Trinajstić information content (AvgIpc) is 3.11. The van der Waals surface area contributed by atoms with Crippen LogP contribution in [0.2, 0.25) is 0 Å². The Hall–Kier alpha value is -0.0800. The fourth-order valence-corrected chi connectivity index (χ4v) is 5.25. The van der Waals surface area contributed by atoms with E-state index in [0.29, 0.717) is 12.0 Å². The summed E-state index contributed by atoms with van der Waals surface area (Å²) in [5.74, 6) is 2.46. The summed E-state index contributed by atoms with van der Waals surface area (Å²) < 4.78 is 6.15. The van der Waals surface area contributed by atoms with Gasteiger partial charge in [0.05, 0.1) is 6.10 Å². The maximum absolute atomic E-state index is 6.15. The summed E-state index contributed by atoms with van der Waals surface area (Å²) in [6, 6.07) is 0. The molecule has 1 N–H and O–H groups in total. The van der Waals surface area contributed by atoms with Crippen LogP contribution in [0.15, 0.2) is 4.99 Å². The molecule has 3 heterocycles. The maximum Gasteiger partial charge on any atom is 0.193 e. The third kappa shape index (κ3) is 6.73. The van der Waals surface area contributed by atoms with Crippen molar-refractivity contribution in [1.82, 2.24) is 15.1 Å². The van der Waals surface area contributed by atoms with Gasteiger partial charge in [-0.25, -0.2) is 0 Å². The van der Waals surface area contributed by atoms with Gasteiger partial charge < -0.3 is 19.9 Å². The van der Waals surface area contributed by atoms with E-state index in [0.717, 1.165) is 38.1 Å². The predicted octanol–water partition coefficient (Wildman–Crippen LogP) is 3.83. The van der Waals surface area contributed by atoms with Crippen molar-refractivity contribution in [3.8, 4) is 0 Å². The van der Waals surface area contributed by atoms with E-state index in [-0.39, 0.29) is 29.4 Å². The highest BCUT2D eigenvalue weighted by Gasteiger charge is 2.36. The van der Waals surface area contributed by atoms with Gasteiger partial charge in [-0.05, 0) is 56.5 Å². The van der Waals surface area contributed by atoms with Crippen molar-refractivity contribution >= 4 is 29.9 Å². The number of nitrogens with zero attached hydrogens (tertiary/aromatic N) is 3. The van der Waals surface area contributed by atoms with E-state index in [2.05, 4.69) is 40.9 Å². The van der Waals surface area contributed by atoms with Crippen molar-refractivity contribution in [2.45, 2.75) is 65.4 Å². The van der Waals surface area contributed by atoms with Crippen molar-refractivity contribution in [3.63, 3.8) is 0 Å². The lowest BCUT2D eigenvalue weighted by Gasteiger charge is -2.40. The summed E-state index contributed by atoms with van der Waals surface area (Å²) in [6.45, 7) is 15.0. The molecule has 164 valence electrons. The second kappa shape index (κ2) is 11.3. The zero-order valence-corrected chi connectivity index (χ0v) is 20.9. The predicted molar refractivity (Wildman–Crippen MR) is 129 cm³/mol. The molecule has 3 rings (SSSR count). The fourth-order valence-electron chi connectivity index (χ4n) is 5.25. The van der Waals surface area contributed by atoms with Gasteiger partial charge in [0.25, 0.3) is 0 Å². The Kier molecular flexibility index (Phi) is 9.81. The van der Waals surface area contributed by atoms with Crippen molar-refractivity contribution in [1.29, 1.82) is 0 Å². The molecule has 0 radical (unpaired) electrons. The average molecular weight is 507 g/mol. The van der Waals surface area contributed by atoms with Gasteiger partial charge in [0.2, 0.25) is 0 Å². The molecule has 0 aromatic heterocycles. The summed E-state index contributed by atoms with van der Waals surface area (Å²) in [5, 5.41) is 3.69. The van der Waals surface area contributed by atoms with Crippen LogP contribution in [0.1, 0.15) is 59.3 Å². The van der Waals surface area contributed by atoms with Gasteiger partial charge in [-0.2, -0.15) is 0 Å². The van der Waals surface area contributed by atoms with Gasteiger partial charge >= 0.3 is 0 Å². The molecule has 3 aliphatic heterocycles. The molecule has 3 fully saturated rings. The molecule has 6 heteroatoms. The molecular weight excluding hydrogens is 463 g/mol. The monoisotopic (exact) mass is 506 g/mol. The molecule has 3 atom stereocenters. The van der Waals surface area contributed by atoms with Crippen molar-refractivity contribution in [2.24, 2.45) is 22.2 Å². The van der Waals surface area contributed by atoms with Crippen LogP contribution in [0.25, 0.3) is 0 Å². The molecule has 0 amide bonds. The number of rotatable bonds is 4. The lowest BCUT2D eigenvalue weighted by Crippen LogP contribution is -2.48. The lowest BCUT2D eigenvalue weighted by molar-refractivity contribution is -0.0836. The molecular formula is C22H43IN4O. The number of hydrogen-bond acceptors (Lipinski definition) is 3. The number of ether oxygens (including phenoxy) is 1. The van der Waals surface area contributed by atoms with Crippen LogP contribution in [0.4, 0.5) is 0 Å². The van der Waals surface area contributed by atoms with Gasteiger partial charge in [-0.15, -0.1) is 24.0 Å². The largest absolute Gasteiger partial charge is 0.377 e. The van der Waals surface area contributed by atoms with E-state index in [1.165, 1.54) is 58.2 Å². The van der Waals surface area contributed by atoms with Crippen LogP contribution < -0.4 is 5.32 Å². The second-order valence-corrected chi connectivity index (χ2v) is 9.95. The number of piperidine rings is 1. The van der Waals surface area contributed by atoms with Crippen molar-refractivity contribution in [3.05, 3.63) is 0 Å². The molecule has 0 spiro atoms. The first-order valence-electron chi connectivity index (χ1n) is 11.3. The first kappa shape index (κ1) is 24.2. The minimum Gasteiger partial charge on any atom is -0.377 e. The molecule has 0 bridgehead atoms. The van der Waals surface area contributed by atoms with Crippen molar-refractivity contribution in [2.75, 3.05) is 52.9 Å². The second-order valence-electron chi connectivity index (χ2n) is 9.95. The summed E-state index contributed by atoms with van der Waals surface area (Å²) in [5.41, 5.74) is 0.198. The number of hydrogen-bond donors (Lipinski definition) is 1. The lowest BCUT2D eigenvalue weighted by atomic mass is 9.78. The zero-order chi connectivity index (χ0) is 19.3. The van der Waals surface area contributed by atoms with E-state index in [9.17, 15) is 0 Å². The van der Waals surface area contributed by atoms with Gasteiger partial charge in [0.1, 0.15) is 0 Å². The Morgan fingerprint density at radius 1 is 1.07 bits per heavy atom. The van der Waals surface area contributed by atoms with Gasteiger partial charge in [-0.3, -0.25) is 4.99 Å². The van der Waals surface area contributed by atoms with E-state index in [4.69, 9.17) is 4.74 Å². The van der Waals surface area contributed by atoms with E-state index in [1.54, 1.807) is 0 Å². The maximum atomic E-state index is 6.15. The molecule has 0 aromatic rings. The summed E-state index contributed by atoms with van der Waals surface area (Å²) in [4.78, 5) is 9.76. The molecule has 3 aliphatic rings. The van der Waals surface area contributed by atoms with Gasteiger partial charge in [0, 0.05) is 45.8 Å². The fraction of sp³-hybridized carbons (Fsp3) is 0.955. The molecule has 0 aliphatic carbocycles. The number of aliphatic imine (C=N–C) groups is 1. The highest BCUT2D eigenvalue weighted by atomic mass is 127. The van der Waals surface area contributed by atoms with Crippen LogP contribution in [0, 0.1) is 17.3 Å². The highest BCUT2D eigenvalue weighted by Crippen LogP contribution is 2.33. The Morgan fingerprint density at radius 2 is 1.82 bits per heavy atom. The van der Waals surface area contributed by atoms with Crippen LogP contribution >= 0.6 is 24.0 Å². The Labute approximate surface area is 190 Å². The van der Waals surface area contributed by atoms with Crippen molar-refractivity contribution < 1.29 is 4.74 Å². The summed E-state index contributed by atoms with van der Waals surface area (Å²) >= 11 is 0. The summed E-state index contributed by atoms with van der Waals surface area (Å²) in [7, 11) is 1.93. The number of nitrogens with one attached hydrogen (secondary N) is 1. The van der Waals surface area contributed by atoms with Crippen LogP contribution in [0.5, 0.6) is 0 Å². The summed E-state index contributed by atoms with van der Waals surface area (Å²) in [6.07, 6.45) is 8.26. The van der Waals surface area contributed by atoms with Crippen LogP contribution in [-0.2, 0) is 4.74 Å². The Bertz CT molecular complexity index is 487. The molecule has 3 saturated heterocycles. The third-order valence-corrected chi connectivity index (χ3v) is 6.58. The first-order chi connectivity index (χ1) is 13.0. The Balaban J connectivity index is 0.00000280. The standard InChI is InChI=1S/C22H42N4O.HI/c1-22(2,3)20-19(9-8-14-27-20)15-24-21(23-4)26-13-10-18(17-26)16-25-11-6-5-7-12-25;/h18-20H,5-17H2,1-4H3,(H,23,24);1H.